The molecule has 1 aliphatic heterocycles. The van der Waals surface area contributed by atoms with Crippen molar-refractivity contribution in [1.82, 2.24) is 5.23 Å². The van der Waals surface area contributed by atoms with Crippen LogP contribution in [0.4, 0.5) is 0 Å². The fourth-order valence-corrected chi connectivity index (χ4v) is 1.66. The lowest BCUT2D eigenvalue weighted by molar-refractivity contribution is 0.0840. The highest BCUT2D eigenvalue weighted by molar-refractivity contribution is 6.24. The fourth-order valence-electron chi connectivity index (χ4n) is 1.66. The van der Waals surface area contributed by atoms with Gasteiger partial charge in [0, 0.05) is 7.11 Å². The normalized spacial score (nSPS) is 26.1. The highest BCUT2D eigenvalue weighted by Crippen LogP contribution is 2.22. The van der Waals surface area contributed by atoms with Gasteiger partial charge in [-0.3, -0.25) is 0 Å². The molecule has 0 amide bonds. The van der Waals surface area contributed by atoms with Gasteiger partial charge in [-0.1, -0.05) is 30.3 Å². The first-order valence-electron chi connectivity index (χ1n) is 4.69. The summed E-state index contributed by atoms with van der Waals surface area (Å²) in [5, 5.41) is 3.18. The van der Waals surface area contributed by atoms with Crippen LogP contribution in [0.25, 0.3) is 0 Å². The molecule has 4 heteroatoms. The van der Waals surface area contributed by atoms with E-state index in [1.54, 1.807) is 14.7 Å². The maximum absolute atomic E-state index is 5.40. The highest BCUT2D eigenvalue weighted by Gasteiger charge is 2.29. The lowest BCUT2D eigenvalue weighted by Gasteiger charge is -2.18. The first kappa shape index (κ1) is 9.71. The summed E-state index contributed by atoms with van der Waals surface area (Å²) in [6.07, 6.45) is 0.0717. The zero-order valence-corrected chi connectivity index (χ0v) is 8.14. The number of hydrogen-bond acceptors (Lipinski definition) is 3. The Morgan fingerprint density at radius 2 is 2.21 bits per heavy atom. The molecule has 14 heavy (non-hydrogen) atoms. The van der Waals surface area contributed by atoms with E-state index in [1.807, 2.05) is 18.2 Å². The van der Waals surface area contributed by atoms with Crippen LogP contribution in [0.3, 0.4) is 0 Å². The Hall–Kier alpha value is -0.835. The second-order valence-corrected chi connectivity index (χ2v) is 3.30. The SMILES string of the molecule is COC[C@@H]1O[B]N[C@@H]1c1ccccc1. The van der Waals surface area contributed by atoms with E-state index in [4.69, 9.17) is 9.39 Å². The molecule has 1 aliphatic rings. The highest BCUT2D eigenvalue weighted by atomic mass is 16.5. The molecule has 1 aromatic rings. The van der Waals surface area contributed by atoms with Gasteiger partial charge in [-0.05, 0) is 5.56 Å². The largest absolute Gasteiger partial charge is 0.417 e. The number of benzene rings is 1. The Balaban J connectivity index is 2.10. The van der Waals surface area contributed by atoms with Crippen molar-refractivity contribution in [1.29, 1.82) is 0 Å². The molecular formula is C10H13BNO2. The van der Waals surface area contributed by atoms with Gasteiger partial charge in [-0.25, -0.2) is 0 Å². The van der Waals surface area contributed by atoms with Crippen LogP contribution in [0.15, 0.2) is 30.3 Å². The minimum absolute atomic E-state index is 0.0717. The Kier molecular flexibility index (Phi) is 3.19. The van der Waals surface area contributed by atoms with Crippen molar-refractivity contribution in [2.24, 2.45) is 0 Å². The zero-order valence-electron chi connectivity index (χ0n) is 8.14. The summed E-state index contributed by atoms with van der Waals surface area (Å²) in [6.45, 7) is 0.600. The maximum atomic E-state index is 5.40. The molecule has 0 bridgehead atoms. The smallest absolute Gasteiger partial charge is 0.396 e. The van der Waals surface area contributed by atoms with Gasteiger partial charge < -0.3 is 14.6 Å². The number of ether oxygens (including phenoxy) is 1. The summed E-state index contributed by atoms with van der Waals surface area (Å²) in [5.74, 6) is 0. The summed E-state index contributed by atoms with van der Waals surface area (Å²) in [4.78, 5) is 0. The van der Waals surface area contributed by atoms with Crippen LogP contribution < -0.4 is 5.23 Å². The second-order valence-electron chi connectivity index (χ2n) is 3.30. The van der Waals surface area contributed by atoms with Gasteiger partial charge in [0.25, 0.3) is 0 Å². The molecule has 2 rings (SSSR count). The van der Waals surface area contributed by atoms with Crippen molar-refractivity contribution in [3.05, 3.63) is 35.9 Å². The van der Waals surface area contributed by atoms with Crippen LogP contribution >= 0.6 is 0 Å². The van der Waals surface area contributed by atoms with E-state index in [0.29, 0.717) is 6.61 Å². The van der Waals surface area contributed by atoms with Gasteiger partial charge in [0.15, 0.2) is 0 Å². The Bertz CT molecular complexity index is 281. The topological polar surface area (TPSA) is 30.5 Å². The quantitative estimate of drug-likeness (QED) is 0.718. The van der Waals surface area contributed by atoms with Crippen LogP contribution in [0.2, 0.25) is 0 Å². The molecule has 0 aliphatic carbocycles. The summed E-state index contributed by atoms with van der Waals surface area (Å²) in [6, 6.07) is 10.4. The zero-order chi connectivity index (χ0) is 9.80. The molecule has 0 saturated carbocycles. The molecule has 1 radical (unpaired) electrons. The molecular weight excluding hydrogens is 177 g/mol. The molecule has 0 unspecified atom stereocenters. The molecule has 1 aromatic carbocycles. The van der Waals surface area contributed by atoms with Crippen LogP contribution in [0.1, 0.15) is 11.6 Å². The van der Waals surface area contributed by atoms with Crippen molar-refractivity contribution in [3.8, 4) is 0 Å². The van der Waals surface area contributed by atoms with E-state index >= 15 is 0 Å². The monoisotopic (exact) mass is 190 g/mol. The van der Waals surface area contributed by atoms with E-state index < -0.39 is 0 Å². The molecule has 2 atom stereocenters. The van der Waals surface area contributed by atoms with Crippen molar-refractivity contribution in [2.75, 3.05) is 13.7 Å². The fraction of sp³-hybridized carbons (Fsp3) is 0.400. The number of rotatable bonds is 3. The molecule has 3 nitrogen and oxygen atoms in total. The van der Waals surface area contributed by atoms with Crippen LogP contribution in [0, 0.1) is 0 Å². The number of nitrogens with one attached hydrogen (secondary N) is 1. The van der Waals surface area contributed by atoms with Gasteiger partial charge in [0.2, 0.25) is 0 Å². The van der Waals surface area contributed by atoms with Gasteiger partial charge in [0.05, 0.1) is 18.8 Å². The lowest BCUT2D eigenvalue weighted by atomic mass is 10.0. The molecule has 1 saturated heterocycles. The van der Waals surface area contributed by atoms with Gasteiger partial charge in [-0.15, -0.1) is 0 Å². The summed E-state index contributed by atoms with van der Waals surface area (Å²) < 4.78 is 10.5. The standard InChI is InChI=1S/C10H13BNO2/c1-13-7-9-10(12-11-14-9)8-5-3-2-4-6-8/h2-6,9-10,12H,7H2,1H3/t9-,10+/m0/s1. The predicted molar refractivity (Wildman–Crippen MR) is 54.8 cm³/mol. The van der Waals surface area contributed by atoms with E-state index in [-0.39, 0.29) is 12.1 Å². The third-order valence-corrected chi connectivity index (χ3v) is 2.35. The third kappa shape index (κ3) is 1.98. The average Bonchev–Trinajstić information content (AvgIpc) is 2.68. The number of hydrogen-bond donors (Lipinski definition) is 1. The Morgan fingerprint density at radius 3 is 2.93 bits per heavy atom. The van der Waals surface area contributed by atoms with Crippen molar-refractivity contribution < 1.29 is 9.39 Å². The molecule has 0 aromatic heterocycles. The first-order chi connectivity index (χ1) is 6.92. The molecule has 1 N–H and O–H groups in total. The van der Waals surface area contributed by atoms with Crippen molar-refractivity contribution in [3.63, 3.8) is 0 Å². The van der Waals surface area contributed by atoms with Crippen LogP contribution in [-0.2, 0) is 9.39 Å². The minimum atomic E-state index is 0.0717. The van der Waals surface area contributed by atoms with Gasteiger partial charge in [0.1, 0.15) is 0 Å². The Labute approximate surface area is 84.7 Å². The predicted octanol–water partition coefficient (Wildman–Crippen LogP) is 0.897. The molecule has 0 spiro atoms. The van der Waals surface area contributed by atoms with Crippen molar-refractivity contribution in [2.45, 2.75) is 12.1 Å². The van der Waals surface area contributed by atoms with E-state index in [9.17, 15) is 0 Å². The van der Waals surface area contributed by atoms with Crippen LogP contribution in [0.5, 0.6) is 0 Å². The van der Waals surface area contributed by atoms with Gasteiger partial charge >= 0.3 is 7.62 Å². The second kappa shape index (κ2) is 4.60. The van der Waals surface area contributed by atoms with Gasteiger partial charge in [-0.2, -0.15) is 0 Å². The lowest BCUT2D eigenvalue weighted by Crippen LogP contribution is -2.25. The maximum Gasteiger partial charge on any atom is 0.396 e. The van der Waals surface area contributed by atoms with E-state index in [2.05, 4.69) is 17.4 Å². The molecule has 73 valence electrons. The Morgan fingerprint density at radius 1 is 1.43 bits per heavy atom. The average molecular weight is 190 g/mol. The minimum Gasteiger partial charge on any atom is -0.417 e. The van der Waals surface area contributed by atoms with Crippen molar-refractivity contribution >= 4 is 7.62 Å². The number of methoxy groups -OCH3 is 1. The van der Waals surface area contributed by atoms with E-state index in [0.717, 1.165) is 0 Å². The summed E-state index contributed by atoms with van der Waals surface area (Å²) in [5.41, 5.74) is 1.23. The first-order valence-corrected chi connectivity index (χ1v) is 4.69. The van der Waals surface area contributed by atoms with E-state index in [1.165, 1.54) is 5.56 Å². The summed E-state index contributed by atoms with van der Waals surface area (Å²) >= 11 is 0. The third-order valence-electron chi connectivity index (χ3n) is 2.35. The summed E-state index contributed by atoms with van der Waals surface area (Å²) in [7, 11) is 3.32. The molecule has 1 heterocycles. The van der Waals surface area contributed by atoms with Crippen LogP contribution in [-0.4, -0.2) is 27.4 Å². The molecule has 1 fully saturated rings.